The van der Waals surface area contributed by atoms with Gasteiger partial charge >= 0.3 is 0 Å². The SMILES string of the molecule is CCn1c(COc2ccc3ccccc3c2C)nnc1SCC(=O)Nc1nc(C)cs1. The van der Waals surface area contributed by atoms with E-state index in [1.807, 2.05) is 42.0 Å². The number of nitrogens with one attached hydrogen (secondary N) is 1. The Morgan fingerprint density at radius 3 is 2.81 bits per heavy atom. The van der Waals surface area contributed by atoms with E-state index in [-0.39, 0.29) is 11.7 Å². The molecule has 1 amide bonds. The number of aryl methyl sites for hydroxylation is 2. The maximum atomic E-state index is 12.2. The number of nitrogens with zero attached hydrogens (tertiary/aromatic N) is 4. The van der Waals surface area contributed by atoms with Gasteiger partial charge in [0.2, 0.25) is 5.91 Å². The van der Waals surface area contributed by atoms with E-state index < -0.39 is 0 Å². The van der Waals surface area contributed by atoms with Crippen molar-refractivity contribution in [2.45, 2.75) is 39.1 Å². The van der Waals surface area contributed by atoms with Crippen molar-refractivity contribution < 1.29 is 9.53 Å². The molecule has 0 radical (unpaired) electrons. The highest BCUT2D eigenvalue weighted by Gasteiger charge is 2.15. The van der Waals surface area contributed by atoms with Crippen LogP contribution in [0.3, 0.4) is 0 Å². The highest BCUT2D eigenvalue weighted by molar-refractivity contribution is 7.99. The molecular formula is C22H23N5O2S2. The molecule has 1 N–H and O–H groups in total. The number of amides is 1. The maximum Gasteiger partial charge on any atom is 0.236 e. The van der Waals surface area contributed by atoms with E-state index in [1.165, 1.54) is 33.9 Å². The van der Waals surface area contributed by atoms with Crippen LogP contribution >= 0.6 is 23.1 Å². The van der Waals surface area contributed by atoms with Crippen molar-refractivity contribution in [3.63, 3.8) is 0 Å². The second-order valence-corrected chi connectivity index (χ2v) is 8.77. The van der Waals surface area contributed by atoms with Crippen molar-refractivity contribution in [2.24, 2.45) is 0 Å². The van der Waals surface area contributed by atoms with Crippen LogP contribution in [-0.4, -0.2) is 31.4 Å². The fraction of sp³-hybridized carbons (Fsp3) is 0.273. The van der Waals surface area contributed by atoms with Crippen LogP contribution in [0.5, 0.6) is 5.75 Å². The van der Waals surface area contributed by atoms with Crippen LogP contribution in [0, 0.1) is 13.8 Å². The first-order chi connectivity index (χ1) is 15.0. The summed E-state index contributed by atoms with van der Waals surface area (Å²) < 4.78 is 8.05. The minimum absolute atomic E-state index is 0.116. The summed E-state index contributed by atoms with van der Waals surface area (Å²) in [5.41, 5.74) is 1.99. The van der Waals surface area contributed by atoms with Crippen LogP contribution in [-0.2, 0) is 17.9 Å². The number of hydrogen-bond acceptors (Lipinski definition) is 7. The number of rotatable bonds is 8. The molecule has 0 unspecified atom stereocenters. The first kappa shape index (κ1) is 21.3. The Bertz CT molecular complexity index is 1220. The molecule has 4 aromatic rings. The monoisotopic (exact) mass is 453 g/mol. The molecule has 31 heavy (non-hydrogen) atoms. The average molecular weight is 454 g/mol. The molecule has 0 spiro atoms. The number of carbonyl (C=O) groups excluding carboxylic acids is 1. The number of ether oxygens (including phenoxy) is 1. The first-order valence-electron chi connectivity index (χ1n) is 9.93. The standard InChI is InChI=1S/C22H23N5O2S2/c1-4-27-19(11-29-18-10-9-16-7-5-6-8-17(16)15(18)3)25-26-22(27)31-13-20(28)24-21-23-14(2)12-30-21/h5-10,12H,4,11,13H2,1-3H3,(H,23,24,28). The topological polar surface area (TPSA) is 81.9 Å². The zero-order chi connectivity index (χ0) is 21.8. The third-order valence-electron chi connectivity index (χ3n) is 4.81. The van der Waals surface area contributed by atoms with E-state index in [4.69, 9.17) is 4.74 Å². The predicted octanol–water partition coefficient (Wildman–Crippen LogP) is 4.83. The first-order valence-corrected chi connectivity index (χ1v) is 11.8. The Morgan fingerprint density at radius 1 is 1.19 bits per heavy atom. The van der Waals surface area contributed by atoms with Gasteiger partial charge in [-0.15, -0.1) is 21.5 Å². The van der Waals surface area contributed by atoms with Gasteiger partial charge in [0.25, 0.3) is 0 Å². The molecule has 0 aliphatic heterocycles. The van der Waals surface area contributed by atoms with Crippen LogP contribution in [0.1, 0.15) is 24.0 Å². The zero-order valence-corrected chi connectivity index (χ0v) is 19.2. The summed E-state index contributed by atoms with van der Waals surface area (Å²) in [5, 5.41) is 16.9. The highest BCUT2D eigenvalue weighted by Crippen LogP contribution is 2.28. The van der Waals surface area contributed by atoms with Crippen molar-refractivity contribution >= 4 is 44.9 Å². The Kier molecular flexibility index (Phi) is 6.53. The Labute approximate surface area is 188 Å². The van der Waals surface area contributed by atoms with Crippen molar-refractivity contribution in [2.75, 3.05) is 11.1 Å². The van der Waals surface area contributed by atoms with E-state index in [0.29, 0.717) is 23.4 Å². The third kappa shape index (κ3) is 4.88. The number of anilines is 1. The van der Waals surface area contributed by atoms with Crippen LogP contribution in [0.4, 0.5) is 5.13 Å². The van der Waals surface area contributed by atoms with Gasteiger partial charge in [0, 0.05) is 11.9 Å². The van der Waals surface area contributed by atoms with Gasteiger partial charge in [-0.1, -0.05) is 42.1 Å². The fourth-order valence-corrected chi connectivity index (χ4v) is 4.78. The van der Waals surface area contributed by atoms with E-state index in [2.05, 4.69) is 45.6 Å². The third-order valence-corrected chi connectivity index (χ3v) is 6.66. The lowest BCUT2D eigenvalue weighted by Gasteiger charge is -2.12. The summed E-state index contributed by atoms with van der Waals surface area (Å²) in [5.74, 6) is 1.68. The van der Waals surface area contributed by atoms with Crippen molar-refractivity contribution in [1.82, 2.24) is 19.7 Å². The van der Waals surface area contributed by atoms with Crippen LogP contribution in [0.2, 0.25) is 0 Å². The number of thiazole rings is 1. The summed E-state index contributed by atoms with van der Waals surface area (Å²) in [6.45, 7) is 6.99. The normalized spacial score (nSPS) is 11.1. The number of benzene rings is 2. The Balaban J connectivity index is 1.40. The number of carbonyl (C=O) groups is 1. The van der Waals surface area contributed by atoms with Crippen molar-refractivity contribution in [1.29, 1.82) is 0 Å². The lowest BCUT2D eigenvalue weighted by atomic mass is 10.0. The summed E-state index contributed by atoms with van der Waals surface area (Å²) in [4.78, 5) is 16.5. The number of hydrogen-bond donors (Lipinski definition) is 1. The molecule has 0 atom stereocenters. The van der Waals surface area contributed by atoms with Crippen LogP contribution < -0.4 is 10.1 Å². The van der Waals surface area contributed by atoms with Gasteiger partial charge in [0.15, 0.2) is 16.1 Å². The maximum absolute atomic E-state index is 12.2. The molecule has 2 heterocycles. The van der Waals surface area contributed by atoms with Gasteiger partial charge in [-0.3, -0.25) is 4.79 Å². The Morgan fingerprint density at radius 2 is 2.03 bits per heavy atom. The number of thioether (sulfide) groups is 1. The highest BCUT2D eigenvalue weighted by atomic mass is 32.2. The van der Waals surface area contributed by atoms with Crippen molar-refractivity contribution in [3.05, 3.63) is 58.9 Å². The molecule has 0 aliphatic carbocycles. The molecule has 0 bridgehead atoms. The van der Waals surface area contributed by atoms with E-state index in [9.17, 15) is 4.79 Å². The fourth-order valence-electron chi connectivity index (χ4n) is 3.25. The van der Waals surface area contributed by atoms with Crippen LogP contribution in [0.25, 0.3) is 10.8 Å². The predicted molar refractivity (Wildman–Crippen MR) is 125 cm³/mol. The largest absolute Gasteiger partial charge is 0.485 e. The molecule has 2 aromatic carbocycles. The molecule has 0 aliphatic rings. The zero-order valence-electron chi connectivity index (χ0n) is 17.6. The minimum atomic E-state index is -0.116. The van der Waals surface area contributed by atoms with Gasteiger partial charge in [0.1, 0.15) is 12.4 Å². The summed E-state index contributed by atoms with van der Waals surface area (Å²) in [6.07, 6.45) is 0. The molecular weight excluding hydrogens is 430 g/mol. The Hall–Kier alpha value is -2.91. The van der Waals surface area contributed by atoms with Gasteiger partial charge in [-0.05, 0) is 43.2 Å². The van der Waals surface area contributed by atoms with Crippen molar-refractivity contribution in [3.8, 4) is 5.75 Å². The molecule has 4 rings (SSSR count). The smallest absolute Gasteiger partial charge is 0.236 e. The number of fused-ring (bicyclic) bond motifs is 1. The molecule has 160 valence electrons. The van der Waals surface area contributed by atoms with Gasteiger partial charge < -0.3 is 14.6 Å². The van der Waals surface area contributed by atoms with Crippen LogP contribution in [0.15, 0.2) is 46.9 Å². The van der Waals surface area contributed by atoms with Gasteiger partial charge in [-0.2, -0.15) is 0 Å². The summed E-state index contributed by atoms with van der Waals surface area (Å²) >= 11 is 2.77. The second kappa shape index (κ2) is 9.49. The lowest BCUT2D eigenvalue weighted by Crippen LogP contribution is -2.14. The minimum Gasteiger partial charge on any atom is -0.485 e. The molecule has 2 aromatic heterocycles. The summed E-state index contributed by atoms with van der Waals surface area (Å²) in [6, 6.07) is 12.3. The average Bonchev–Trinajstić information content (AvgIpc) is 3.37. The number of aromatic nitrogens is 4. The summed E-state index contributed by atoms with van der Waals surface area (Å²) in [7, 11) is 0. The molecule has 0 saturated carbocycles. The molecule has 7 nitrogen and oxygen atoms in total. The second-order valence-electron chi connectivity index (χ2n) is 6.97. The molecule has 0 fully saturated rings. The lowest BCUT2D eigenvalue weighted by molar-refractivity contribution is -0.113. The molecule has 9 heteroatoms. The van der Waals surface area contributed by atoms with E-state index >= 15 is 0 Å². The van der Waals surface area contributed by atoms with Gasteiger partial charge in [-0.25, -0.2) is 4.98 Å². The van der Waals surface area contributed by atoms with Gasteiger partial charge in [0.05, 0.1) is 11.4 Å². The van der Waals surface area contributed by atoms with E-state index in [0.717, 1.165) is 22.8 Å². The van der Waals surface area contributed by atoms with E-state index in [1.54, 1.807) is 0 Å². The molecule has 0 saturated heterocycles. The quantitative estimate of drug-likeness (QED) is 0.385.